The van der Waals surface area contributed by atoms with Crippen molar-refractivity contribution in [1.82, 2.24) is 15.0 Å². The Morgan fingerprint density at radius 3 is 2.69 bits per heavy atom. The van der Waals surface area contributed by atoms with Crippen LogP contribution in [0.4, 0.5) is 21.7 Å². The first-order valence-corrected chi connectivity index (χ1v) is 10.7. The molecular formula is C22H28FN7O2. The van der Waals surface area contributed by atoms with Gasteiger partial charge in [0.2, 0.25) is 11.8 Å². The third-order valence-electron chi connectivity index (χ3n) is 5.78. The molecule has 3 aromatic rings. The van der Waals surface area contributed by atoms with Crippen molar-refractivity contribution < 1.29 is 13.9 Å². The van der Waals surface area contributed by atoms with E-state index < -0.39 is 6.36 Å². The molecule has 0 saturated heterocycles. The van der Waals surface area contributed by atoms with Crippen LogP contribution < -0.4 is 15.4 Å². The molecule has 1 unspecified atom stereocenters. The minimum absolute atomic E-state index is 0.0336. The highest BCUT2D eigenvalue weighted by molar-refractivity contribution is 5.98. The van der Waals surface area contributed by atoms with E-state index in [1.165, 1.54) is 6.92 Å². The van der Waals surface area contributed by atoms with E-state index in [0.717, 1.165) is 47.9 Å². The van der Waals surface area contributed by atoms with E-state index >= 15 is 0 Å². The molecule has 2 heterocycles. The van der Waals surface area contributed by atoms with Crippen LogP contribution in [-0.2, 0) is 4.74 Å². The number of rotatable bonds is 8. The molecule has 0 bridgehead atoms. The zero-order chi connectivity index (χ0) is 22.7. The number of nitrogens with zero attached hydrogens (tertiary/aromatic N) is 3. The van der Waals surface area contributed by atoms with Gasteiger partial charge >= 0.3 is 0 Å². The first-order chi connectivity index (χ1) is 15.5. The number of nitrogens with one attached hydrogen (secondary N) is 4. The number of benzene rings is 1. The minimum Gasteiger partial charge on any atom is -0.480 e. The summed E-state index contributed by atoms with van der Waals surface area (Å²) < 4.78 is 24.0. The lowest BCUT2D eigenvalue weighted by atomic mass is 9.93. The fourth-order valence-electron chi connectivity index (χ4n) is 4.23. The maximum Gasteiger partial charge on any atom is 0.228 e. The zero-order valence-electron chi connectivity index (χ0n) is 18.4. The average molecular weight is 442 g/mol. The smallest absolute Gasteiger partial charge is 0.228 e. The second-order valence-corrected chi connectivity index (χ2v) is 7.87. The van der Waals surface area contributed by atoms with Crippen LogP contribution in [0.15, 0.2) is 29.5 Å². The zero-order valence-corrected chi connectivity index (χ0v) is 18.4. The Kier molecular flexibility index (Phi) is 6.50. The number of alkyl halides is 1. The van der Waals surface area contributed by atoms with Crippen molar-refractivity contribution in [3.8, 4) is 17.0 Å². The van der Waals surface area contributed by atoms with Gasteiger partial charge < -0.3 is 25.1 Å². The van der Waals surface area contributed by atoms with Crippen LogP contribution >= 0.6 is 0 Å². The Balaban J connectivity index is 1.58. The molecule has 2 aromatic heterocycles. The highest BCUT2D eigenvalue weighted by Gasteiger charge is 2.24. The van der Waals surface area contributed by atoms with Crippen molar-refractivity contribution in [2.24, 2.45) is 5.11 Å². The number of aromatic nitrogens is 3. The fourth-order valence-corrected chi connectivity index (χ4v) is 4.23. The largest absolute Gasteiger partial charge is 0.480 e. The summed E-state index contributed by atoms with van der Waals surface area (Å²) in [6.45, 7) is 1.42. The van der Waals surface area contributed by atoms with Crippen LogP contribution in [0.25, 0.3) is 22.2 Å². The number of hydrogen-bond donors (Lipinski definition) is 4. The Morgan fingerprint density at radius 1 is 1.25 bits per heavy atom. The molecule has 0 radical (unpaired) electrons. The second kappa shape index (κ2) is 9.47. The lowest BCUT2D eigenvalue weighted by molar-refractivity contribution is -0.0862. The quantitative estimate of drug-likeness (QED) is 0.348. The van der Waals surface area contributed by atoms with Crippen LogP contribution in [0.3, 0.4) is 0 Å². The van der Waals surface area contributed by atoms with Crippen LogP contribution in [0.1, 0.15) is 32.6 Å². The van der Waals surface area contributed by atoms with Gasteiger partial charge in [0.25, 0.3) is 0 Å². The first kappa shape index (κ1) is 21.9. The topological polar surface area (TPSA) is 120 Å². The molecule has 1 saturated carbocycles. The molecule has 1 fully saturated rings. The Bertz CT molecular complexity index is 1090. The van der Waals surface area contributed by atoms with Gasteiger partial charge in [-0.3, -0.25) is 0 Å². The monoisotopic (exact) mass is 441 g/mol. The molecule has 0 spiro atoms. The molecule has 4 rings (SSSR count). The van der Waals surface area contributed by atoms with Gasteiger partial charge in [-0.1, -0.05) is 6.07 Å². The minimum atomic E-state index is -1.23. The number of anilines is 2. The van der Waals surface area contributed by atoms with Crippen molar-refractivity contribution in [3.63, 3.8) is 0 Å². The van der Waals surface area contributed by atoms with Crippen molar-refractivity contribution in [1.29, 1.82) is 5.53 Å². The molecule has 9 nitrogen and oxygen atoms in total. The average Bonchev–Trinajstić information content (AvgIpc) is 3.23. The summed E-state index contributed by atoms with van der Waals surface area (Å²) in [6.07, 6.45) is 3.92. The van der Waals surface area contributed by atoms with Crippen LogP contribution in [0.5, 0.6) is 5.88 Å². The maximum atomic E-state index is 13.1. The van der Waals surface area contributed by atoms with Gasteiger partial charge in [0, 0.05) is 24.8 Å². The lowest BCUT2D eigenvalue weighted by Crippen LogP contribution is -2.31. The molecular weight excluding hydrogens is 413 g/mol. The van der Waals surface area contributed by atoms with E-state index in [9.17, 15) is 4.39 Å². The first-order valence-electron chi connectivity index (χ1n) is 10.7. The molecule has 4 N–H and O–H groups in total. The van der Waals surface area contributed by atoms with Crippen molar-refractivity contribution >= 4 is 28.4 Å². The van der Waals surface area contributed by atoms with Crippen molar-refractivity contribution in [2.75, 3.05) is 24.8 Å². The number of methoxy groups -OCH3 is 1. The van der Waals surface area contributed by atoms with Crippen LogP contribution in [0, 0.1) is 5.53 Å². The van der Waals surface area contributed by atoms with Gasteiger partial charge in [-0.05, 0) is 50.3 Å². The molecule has 1 aliphatic carbocycles. The highest BCUT2D eigenvalue weighted by Crippen LogP contribution is 2.37. The van der Waals surface area contributed by atoms with E-state index in [0.29, 0.717) is 23.2 Å². The van der Waals surface area contributed by atoms with Gasteiger partial charge in [-0.15, -0.1) is 0 Å². The summed E-state index contributed by atoms with van der Waals surface area (Å²) in [5.41, 5.74) is 11.1. The third-order valence-corrected chi connectivity index (χ3v) is 5.78. The Morgan fingerprint density at radius 2 is 2.03 bits per heavy atom. The normalized spacial score (nSPS) is 19.5. The van der Waals surface area contributed by atoms with Crippen LogP contribution in [-0.4, -0.2) is 47.6 Å². The predicted molar refractivity (Wildman–Crippen MR) is 122 cm³/mol. The summed E-state index contributed by atoms with van der Waals surface area (Å²) >= 11 is 0. The molecule has 1 atom stereocenters. The fraction of sp³-hybridized carbons (Fsp3) is 0.455. The van der Waals surface area contributed by atoms with Gasteiger partial charge in [0.15, 0.2) is 6.36 Å². The molecule has 0 aliphatic heterocycles. The molecule has 10 heteroatoms. The molecule has 0 amide bonds. The van der Waals surface area contributed by atoms with E-state index in [1.807, 2.05) is 18.3 Å². The lowest BCUT2D eigenvalue weighted by Gasteiger charge is -2.29. The van der Waals surface area contributed by atoms with E-state index in [-0.39, 0.29) is 12.1 Å². The third kappa shape index (κ3) is 4.50. The number of ether oxygens (including phenoxy) is 2. The molecule has 1 aliphatic rings. The summed E-state index contributed by atoms with van der Waals surface area (Å²) in [5.74, 6) is 0.961. The van der Waals surface area contributed by atoms with E-state index in [4.69, 9.17) is 15.0 Å². The highest BCUT2D eigenvalue weighted by atomic mass is 19.1. The van der Waals surface area contributed by atoms with Gasteiger partial charge in [0.05, 0.1) is 24.3 Å². The molecule has 32 heavy (non-hydrogen) atoms. The maximum absolute atomic E-state index is 13.1. The summed E-state index contributed by atoms with van der Waals surface area (Å²) in [7, 11) is 3.38. The number of fused-ring (bicyclic) bond motifs is 1. The summed E-state index contributed by atoms with van der Waals surface area (Å²) in [6, 6.07) is 5.82. The Hall–Kier alpha value is -3.27. The van der Waals surface area contributed by atoms with Crippen LogP contribution in [0.2, 0.25) is 0 Å². The van der Waals surface area contributed by atoms with Gasteiger partial charge in [0.1, 0.15) is 11.3 Å². The van der Waals surface area contributed by atoms with E-state index in [1.54, 1.807) is 20.2 Å². The van der Waals surface area contributed by atoms with E-state index in [2.05, 4.69) is 30.7 Å². The SMILES string of the molecule is CNc1cc(-c2c[nH]c3nc(NC4CCC(OC(C)F)CC4)nc(OC)c23)ccc1N=N. The standard InChI is InChI=1S/C22H28FN7O2/c1-12(23)32-15-7-5-14(6-8-15)27-22-28-20-19(21(29-22)31-3)16(11-26-20)13-4-9-17(30-24)18(10-13)25-2/h4,9-12,14-15,24-25H,5-8H2,1-3H3,(H2,26,27,28,29). The molecule has 1 aromatic carbocycles. The van der Waals surface area contributed by atoms with Gasteiger partial charge in [-0.25, -0.2) is 9.92 Å². The molecule has 170 valence electrons. The number of hydrogen-bond acceptors (Lipinski definition) is 8. The van der Waals surface area contributed by atoms with Crippen molar-refractivity contribution in [3.05, 3.63) is 24.4 Å². The summed E-state index contributed by atoms with van der Waals surface area (Å²) in [4.78, 5) is 12.5. The second-order valence-electron chi connectivity index (χ2n) is 7.87. The summed E-state index contributed by atoms with van der Waals surface area (Å²) in [5, 5.41) is 10.8. The number of aromatic amines is 1. The number of halogens is 1. The predicted octanol–water partition coefficient (Wildman–Crippen LogP) is 5.39. The van der Waals surface area contributed by atoms with Crippen molar-refractivity contribution in [2.45, 2.75) is 51.1 Å². The van der Waals surface area contributed by atoms with Gasteiger partial charge in [-0.2, -0.15) is 15.1 Å². The Labute approximate surface area is 185 Å². The number of H-pyrrole nitrogens is 1.